The van der Waals surface area contributed by atoms with Crippen molar-refractivity contribution in [2.24, 2.45) is 0 Å². The van der Waals surface area contributed by atoms with Crippen molar-refractivity contribution in [1.82, 2.24) is 15.0 Å². The Balaban J connectivity index is 1.61. The Kier molecular flexibility index (Phi) is 4.02. The van der Waals surface area contributed by atoms with Crippen molar-refractivity contribution in [3.8, 4) is 11.7 Å². The number of carbonyl (C=O) groups excluding carboxylic acids is 1. The molecular formula is C14H8F3N3O4. The van der Waals surface area contributed by atoms with Crippen LogP contribution in [-0.4, -0.2) is 20.9 Å². The van der Waals surface area contributed by atoms with Crippen LogP contribution in [0.4, 0.5) is 13.2 Å². The molecular weight excluding hydrogens is 331 g/mol. The van der Waals surface area contributed by atoms with Crippen molar-refractivity contribution >= 4 is 5.97 Å². The van der Waals surface area contributed by atoms with Gasteiger partial charge < -0.3 is 13.6 Å². The van der Waals surface area contributed by atoms with Crippen LogP contribution in [0.2, 0.25) is 0 Å². The van der Waals surface area contributed by atoms with Crippen LogP contribution in [0.15, 0.2) is 45.8 Å². The lowest BCUT2D eigenvalue weighted by molar-refractivity contribution is -0.145. The molecule has 0 aliphatic heterocycles. The fourth-order valence-electron chi connectivity index (χ4n) is 1.69. The predicted octanol–water partition coefficient (Wildman–Crippen LogP) is 3.10. The number of carbonyl (C=O) groups is 1. The standard InChI is InChI=1S/C14H8F3N3O4/c15-14(16,17)13-19-4-8(5-20-13)12(21)23-7-9-6-18-11(24-9)10-2-1-3-22-10/h1-6H,7H2. The molecule has 3 rings (SSSR count). The van der Waals surface area contributed by atoms with Crippen molar-refractivity contribution in [1.29, 1.82) is 0 Å². The van der Waals surface area contributed by atoms with Crippen molar-refractivity contribution in [3.63, 3.8) is 0 Å². The fourth-order valence-corrected chi connectivity index (χ4v) is 1.69. The first-order valence-electron chi connectivity index (χ1n) is 6.48. The third kappa shape index (κ3) is 3.42. The molecule has 0 aromatic carbocycles. The van der Waals surface area contributed by atoms with Crippen LogP contribution in [0, 0.1) is 0 Å². The van der Waals surface area contributed by atoms with E-state index in [-0.39, 0.29) is 23.8 Å². The second-order valence-corrected chi connectivity index (χ2v) is 4.48. The van der Waals surface area contributed by atoms with Crippen LogP contribution in [0.3, 0.4) is 0 Å². The number of ether oxygens (including phenoxy) is 1. The van der Waals surface area contributed by atoms with Crippen LogP contribution < -0.4 is 0 Å². The maximum Gasteiger partial charge on any atom is 0.451 e. The molecule has 0 spiro atoms. The zero-order valence-corrected chi connectivity index (χ0v) is 11.8. The molecule has 0 aliphatic rings. The number of furan rings is 1. The average Bonchev–Trinajstić information content (AvgIpc) is 3.23. The monoisotopic (exact) mass is 339 g/mol. The van der Waals surface area contributed by atoms with Crippen LogP contribution >= 0.6 is 0 Å². The molecule has 3 heterocycles. The zero-order valence-electron chi connectivity index (χ0n) is 11.8. The topological polar surface area (TPSA) is 91.2 Å². The Morgan fingerprint density at radius 2 is 1.92 bits per heavy atom. The minimum atomic E-state index is -4.68. The lowest BCUT2D eigenvalue weighted by atomic mass is 10.3. The summed E-state index contributed by atoms with van der Waals surface area (Å²) in [6.45, 7) is -0.256. The van der Waals surface area contributed by atoms with Gasteiger partial charge in [-0.2, -0.15) is 13.2 Å². The summed E-state index contributed by atoms with van der Waals surface area (Å²) in [5.41, 5.74) is -0.214. The van der Waals surface area contributed by atoms with Gasteiger partial charge in [0.15, 0.2) is 18.1 Å². The van der Waals surface area contributed by atoms with E-state index in [0.717, 1.165) is 12.4 Å². The van der Waals surface area contributed by atoms with Gasteiger partial charge >= 0.3 is 12.1 Å². The zero-order chi connectivity index (χ0) is 17.2. The van der Waals surface area contributed by atoms with E-state index < -0.39 is 18.0 Å². The van der Waals surface area contributed by atoms with E-state index in [1.54, 1.807) is 12.1 Å². The van der Waals surface area contributed by atoms with Crippen molar-refractivity contribution < 1.29 is 31.5 Å². The van der Waals surface area contributed by atoms with Gasteiger partial charge in [0.2, 0.25) is 5.82 Å². The molecule has 0 amide bonds. The van der Waals surface area contributed by atoms with Crippen molar-refractivity contribution in [2.75, 3.05) is 0 Å². The number of hydrogen-bond donors (Lipinski definition) is 0. The molecule has 3 aromatic heterocycles. The van der Waals surface area contributed by atoms with Gasteiger partial charge in [-0.05, 0) is 12.1 Å². The fraction of sp³-hybridized carbons (Fsp3) is 0.143. The van der Waals surface area contributed by atoms with Gasteiger partial charge in [-0.15, -0.1) is 0 Å². The van der Waals surface area contributed by atoms with Crippen LogP contribution in [0.25, 0.3) is 11.7 Å². The largest absolute Gasteiger partial charge is 0.459 e. The van der Waals surface area contributed by atoms with Crippen molar-refractivity contribution in [2.45, 2.75) is 12.8 Å². The summed E-state index contributed by atoms with van der Waals surface area (Å²) in [6, 6.07) is 3.30. The summed E-state index contributed by atoms with van der Waals surface area (Å²) in [7, 11) is 0. The summed E-state index contributed by atoms with van der Waals surface area (Å²) in [4.78, 5) is 21.9. The van der Waals surface area contributed by atoms with Gasteiger partial charge in [-0.1, -0.05) is 0 Å². The number of rotatable bonds is 4. The van der Waals surface area contributed by atoms with Gasteiger partial charge in [0.25, 0.3) is 5.89 Å². The summed E-state index contributed by atoms with van der Waals surface area (Å²) in [6.07, 6.45) is -0.400. The smallest absolute Gasteiger partial charge is 0.451 e. The highest BCUT2D eigenvalue weighted by molar-refractivity contribution is 5.88. The van der Waals surface area contributed by atoms with E-state index in [9.17, 15) is 18.0 Å². The molecule has 0 aliphatic carbocycles. The summed E-state index contributed by atoms with van der Waals surface area (Å²) < 4.78 is 52.3. The van der Waals surface area contributed by atoms with Gasteiger partial charge in [0.05, 0.1) is 18.0 Å². The second-order valence-electron chi connectivity index (χ2n) is 4.48. The number of nitrogens with zero attached hydrogens (tertiary/aromatic N) is 3. The molecule has 10 heteroatoms. The SMILES string of the molecule is O=C(OCc1cnc(-c2ccco2)o1)c1cnc(C(F)(F)F)nc1. The maximum atomic E-state index is 12.3. The van der Waals surface area contributed by atoms with Gasteiger partial charge in [-0.25, -0.2) is 19.7 Å². The minimum absolute atomic E-state index is 0.212. The molecule has 0 fully saturated rings. The van der Waals surface area contributed by atoms with E-state index in [1.165, 1.54) is 12.5 Å². The molecule has 0 radical (unpaired) electrons. The molecule has 0 N–H and O–H groups in total. The molecule has 0 bridgehead atoms. The Hall–Kier alpha value is -3.17. The highest BCUT2D eigenvalue weighted by Crippen LogP contribution is 2.25. The molecule has 0 saturated carbocycles. The molecule has 0 atom stereocenters. The molecule has 7 nitrogen and oxygen atoms in total. The number of oxazole rings is 1. The first-order chi connectivity index (χ1) is 11.4. The Bertz CT molecular complexity index is 826. The minimum Gasteiger partial charge on any atom is -0.459 e. The van der Waals surface area contributed by atoms with Gasteiger partial charge in [0.1, 0.15) is 0 Å². The van der Waals surface area contributed by atoms with E-state index in [4.69, 9.17) is 13.6 Å². The number of aromatic nitrogens is 3. The van der Waals surface area contributed by atoms with Crippen molar-refractivity contribution in [3.05, 3.63) is 54.1 Å². The molecule has 0 unspecified atom stereocenters. The summed E-state index contributed by atoms with van der Waals surface area (Å²) in [5, 5.41) is 0. The quantitative estimate of drug-likeness (QED) is 0.674. The van der Waals surface area contributed by atoms with Crippen LogP contribution in [0.1, 0.15) is 21.9 Å². The number of halogens is 3. The number of alkyl halides is 3. The third-order valence-electron chi connectivity index (χ3n) is 2.77. The lowest BCUT2D eigenvalue weighted by Crippen LogP contribution is -2.13. The highest BCUT2D eigenvalue weighted by Gasteiger charge is 2.34. The molecule has 124 valence electrons. The maximum absolute atomic E-state index is 12.3. The van der Waals surface area contributed by atoms with Crippen LogP contribution in [0.5, 0.6) is 0 Å². The number of hydrogen-bond acceptors (Lipinski definition) is 7. The van der Waals surface area contributed by atoms with E-state index in [2.05, 4.69) is 15.0 Å². The predicted molar refractivity (Wildman–Crippen MR) is 70.4 cm³/mol. The van der Waals surface area contributed by atoms with E-state index in [0.29, 0.717) is 5.76 Å². The average molecular weight is 339 g/mol. The highest BCUT2D eigenvalue weighted by atomic mass is 19.4. The Labute approximate surface area is 132 Å². The van der Waals surface area contributed by atoms with Gasteiger partial charge in [0, 0.05) is 12.4 Å². The molecule has 24 heavy (non-hydrogen) atoms. The Morgan fingerprint density at radius 1 is 1.17 bits per heavy atom. The first-order valence-corrected chi connectivity index (χ1v) is 6.48. The third-order valence-corrected chi connectivity index (χ3v) is 2.77. The summed E-state index contributed by atoms with van der Waals surface area (Å²) >= 11 is 0. The number of esters is 1. The summed E-state index contributed by atoms with van der Waals surface area (Å²) in [5.74, 6) is -1.37. The Morgan fingerprint density at radius 3 is 2.54 bits per heavy atom. The molecule has 3 aromatic rings. The lowest BCUT2D eigenvalue weighted by Gasteiger charge is -2.05. The molecule has 0 saturated heterocycles. The van der Waals surface area contributed by atoms with E-state index >= 15 is 0 Å². The first kappa shape index (κ1) is 15.7. The van der Waals surface area contributed by atoms with Gasteiger partial charge in [-0.3, -0.25) is 0 Å². The second kappa shape index (κ2) is 6.14. The van der Waals surface area contributed by atoms with Crippen LogP contribution in [-0.2, 0) is 17.5 Å². The van der Waals surface area contributed by atoms with E-state index in [1.807, 2.05) is 0 Å². The normalized spacial score (nSPS) is 11.5.